The van der Waals surface area contributed by atoms with Gasteiger partial charge in [-0.05, 0) is 36.0 Å². The van der Waals surface area contributed by atoms with Crippen LogP contribution in [0.4, 0.5) is 11.4 Å². The van der Waals surface area contributed by atoms with Crippen LogP contribution in [0.1, 0.15) is 15.9 Å². The summed E-state index contributed by atoms with van der Waals surface area (Å²) in [5.74, 6) is -3.28. The standard InChI is InChI=1S/C21H15N3O6S/c1-23-19(28)17(31-21(23)22-12-6-4-5-11(9-12)20(29)30)16-13-7-2-3-8-14(13)24(18(16)27)10-15(25)26/h2-9H,10H2,1H3,(H,25,26)(H,29,30)/b17-16-,22-21?. The molecule has 156 valence electrons. The second-order valence-electron chi connectivity index (χ2n) is 6.72. The third-order valence-corrected chi connectivity index (χ3v) is 5.87. The molecule has 9 nitrogen and oxygen atoms in total. The number of carboxylic acid groups (broad SMARTS) is 2. The smallest absolute Gasteiger partial charge is 0.335 e. The van der Waals surface area contributed by atoms with Crippen molar-refractivity contribution in [3.05, 3.63) is 64.6 Å². The number of amidine groups is 1. The molecular formula is C21H15N3O6S. The summed E-state index contributed by atoms with van der Waals surface area (Å²) < 4.78 is 0. The molecule has 2 heterocycles. The largest absolute Gasteiger partial charge is 0.480 e. The second kappa shape index (κ2) is 7.73. The van der Waals surface area contributed by atoms with Crippen LogP contribution < -0.4 is 4.90 Å². The van der Waals surface area contributed by atoms with Gasteiger partial charge in [0.05, 0.1) is 27.4 Å². The summed E-state index contributed by atoms with van der Waals surface area (Å²) in [5, 5.41) is 18.6. The molecule has 0 radical (unpaired) electrons. The third-order valence-electron chi connectivity index (χ3n) is 4.74. The van der Waals surface area contributed by atoms with E-state index in [1.54, 1.807) is 36.4 Å². The number of para-hydroxylation sites is 1. The molecule has 0 bridgehead atoms. The number of aliphatic imine (C=N–C) groups is 1. The molecule has 2 amide bonds. The summed E-state index contributed by atoms with van der Waals surface area (Å²) in [6, 6.07) is 12.6. The van der Waals surface area contributed by atoms with E-state index in [0.717, 1.165) is 16.7 Å². The molecule has 0 saturated carbocycles. The first kappa shape index (κ1) is 20.4. The number of aromatic carboxylic acids is 1. The van der Waals surface area contributed by atoms with Gasteiger partial charge in [0, 0.05) is 12.6 Å². The number of nitrogens with zero attached hydrogens (tertiary/aromatic N) is 3. The Hall–Kier alpha value is -3.92. The van der Waals surface area contributed by atoms with Crippen LogP contribution in [0.3, 0.4) is 0 Å². The Balaban J connectivity index is 1.78. The van der Waals surface area contributed by atoms with Crippen molar-refractivity contribution in [3.8, 4) is 0 Å². The fraction of sp³-hybridized carbons (Fsp3) is 0.0952. The van der Waals surface area contributed by atoms with Crippen LogP contribution >= 0.6 is 11.8 Å². The van der Waals surface area contributed by atoms with Crippen molar-refractivity contribution in [1.82, 2.24) is 4.90 Å². The normalized spacial score (nSPS) is 19.3. The predicted octanol–water partition coefficient (Wildman–Crippen LogP) is 2.42. The lowest BCUT2D eigenvalue weighted by molar-refractivity contribution is -0.136. The molecule has 4 rings (SSSR count). The number of thioether (sulfide) groups is 1. The van der Waals surface area contributed by atoms with Crippen molar-refractivity contribution in [1.29, 1.82) is 0 Å². The fourth-order valence-electron chi connectivity index (χ4n) is 3.31. The number of carbonyl (C=O) groups is 4. The van der Waals surface area contributed by atoms with E-state index in [1.165, 1.54) is 24.1 Å². The Bertz CT molecular complexity index is 1220. The maximum absolute atomic E-state index is 13.0. The summed E-state index contributed by atoms with van der Waals surface area (Å²) in [7, 11) is 1.50. The number of aliphatic carboxylic acids is 1. The first-order chi connectivity index (χ1) is 14.8. The van der Waals surface area contributed by atoms with E-state index >= 15 is 0 Å². The molecule has 0 spiro atoms. The number of benzene rings is 2. The monoisotopic (exact) mass is 437 g/mol. The summed E-state index contributed by atoms with van der Waals surface area (Å²) in [5.41, 5.74) is 1.43. The van der Waals surface area contributed by atoms with E-state index in [0.29, 0.717) is 16.9 Å². The molecule has 2 aromatic carbocycles. The Morgan fingerprint density at radius 1 is 1.03 bits per heavy atom. The molecule has 2 aliphatic heterocycles. The molecule has 1 saturated heterocycles. The average Bonchev–Trinajstić information content (AvgIpc) is 3.16. The Morgan fingerprint density at radius 2 is 1.77 bits per heavy atom. The van der Waals surface area contributed by atoms with E-state index in [1.807, 2.05) is 0 Å². The van der Waals surface area contributed by atoms with Gasteiger partial charge in [0.15, 0.2) is 5.17 Å². The lowest BCUT2D eigenvalue weighted by atomic mass is 10.1. The van der Waals surface area contributed by atoms with Gasteiger partial charge in [0.1, 0.15) is 6.54 Å². The van der Waals surface area contributed by atoms with Crippen LogP contribution in [0.2, 0.25) is 0 Å². The van der Waals surface area contributed by atoms with Gasteiger partial charge in [-0.3, -0.25) is 24.2 Å². The maximum atomic E-state index is 13.0. The van der Waals surface area contributed by atoms with Gasteiger partial charge in [-0.15, -0.1) is 0 Å². The molecular weight excluding hydrogens is 422 g/mol. The molecule has 1 fully saturated rings. The average molecular weight is 437 g/mol. The summed E-state index contributed by atoms with van der Waals surface area (Å²) in [6.07, 6.45) is 0. The van der Waals surface area contributed by atoms with Gasteiger partial charge in [-0.25, -0.2) is 9.79 Å². The fourth-order valence-corrected chi connectivity index (χ4v) is 4.39. The zero-order valence-corrected chi connectivity index (χ0v) is 16.9. The summed E-state index contributed by atoms with van der Waals surface area (Å²) in [4.78, 5) is 55.3. The number of fused-ring (bicyclic) bond motifs is 1. The molecule has 0 atom stereocenters. The molecule has 2 N–H and O–H groups in total. The lowest BCUT2D eigenvalue weighted by Crippen LogP contribution is -2.32. The molecule has 2 aromatic rings. The van der Waals surface area contributed by atoms with Crippen LogP contribution in [-0.4, -0.2) is 57.6 Å². The first-order valence-electron chi connectivity index (χ1n) is 9.03. The van der Waals surface area contributed by atoms with Crippen molar-refractivity contribution < 1.29 is 29.4 Å². The Morgan fingerprint density at radius 3 is 2.48 bits per heavy atom. The van der Waals surface area contributed by atoms with Gasteiger partial charge in [0.25, 0.3) is 11.8 Å². The number of hydrogen-bond donors (Lipinski definition) is 2. The SMILES string of the molecule is CN1C(=O)/C(=C2/C(=O)N(CC(=O)O)c3ccccc32)SC1=Nc1cccc(C(=O)O)c1. The van der Waals surface area contributed by atoms with Gasteiger partial charge in [-0.2, -0.15) is 0 Å². The molecule has 0 aromatic heterocycles. The third kappa shape index (κ3) is 3.57. The maximum Gasteiger partial charge on any atom is 0.335 e. The van der Waals surface area contributed by atoms with Gasteiger partial charge in [-0.1, -0.05) is 24.3 Å². The highest BCUT2D eigenvalue weighted by Gasteiger charge is 2.41. The van der Waals surface area contributed by atoms with Crippen molar-refractivity contribution in [2.75, 3.05) is 18.5 Å². The first-order valence-corrected chi connectivity index (χ1v) is 9.85. The van der Waals surface area contributed by atoms with Crippen molar-refractivity contribution in [2.24, 2.45) is 4.99 Å². The van der Waals surface area contributed by atoms with E-state index in [-0.39, 0.29) is 21.2 Å². The number of hydrogen-bond acceptors (Lipinski definition) is 6. The zero-order chi connectivity index (χ0) is 22.3. The highest BCUT2D eigenvalue weighted by molar-refractivity contribution is 8.18. The number of carboxylic acids is 2. The van der Waals surface area contributed by atoms with E-state index in [9.17, 15) is 24.3 Å². The van der Waals surface area contributed by atoms with E-state index in [2.05, 4.69) is 4.99 Å². The molecule has 0 aliphatic carbocycles. The van der Waals surface area contributed by atoms with Crippen LogP contribution in [0.25, 0.3) is 5.57 Å². The molecule has 31 heavy (non-hydrogen) atoms. The minimum Gasteiger partial charge on any atom is -0.480 e. The van der Waals surface area contributed by atoms with Crippen molar-refractivity contribution >= 4 is 57.6 Å². The van der Waals surface area contributed by atoms with Crippen molar-refractivity contribution in [2.45, 2.75) is 0 Å². The molecule has 2 aliphatic rings. The number of amides is 2. The van der Waals surface area contributed by atoms with Crippen LogP contribution in [0.15, 0.2) is 58.4 Å². The number of likely N-dealkylation sites (N-methyl/N-ethyl adjacent to an activating group) is 1. The summed E-state index contributed by atoms with van der Waals surface area (Å²) >= 11 is 0.985. The minimum absolute atomic E-state index is 0.0571. The predicted molar refractivity (Wildman–Crippen MR) is 114 cm³/mol. The molecule has 0 unspecified atom stereocenters. The lowest BCUT2D eigenvalue weighted by Gasteiger charge is -2.13. The second-order valence-corrected chi connectivity index (χ2v) is 7.70. The molecule has 10 heteroatoms. The van der Waals surface area contributed by atoms with Crippen LogP contribution in [0.5, 0.6) is 0 Å². The Labute approximate surface area is 180 Å². The van der Waals surface area contributed by atoms with E-state index in [4.69, 9.17) is 5.11 Å². The summed E-state index contributed by atoms with van der Waals surface area (Å²) in [6.45, 7) is -0.524. The van der Waals surface area contributed by atoms with Gasteiger partial charge < -0.3 is 10.2 Å². The minimum atomic E-state index is -1.17. The van der Waals surface area contributed by atoms with Crippen LogP contribution in [-0.2, 0) is 14.4 Å². The highest BCUT2D eigenvalue weighted by atomic mass is 32.2. The van der Waals surface area contributed by atoms with E-state index < -0.39 is 30.3 Å². The number of anilines is 1. The van der Waals surface area contributed by atoms with Gasteiger partial charge >= 0.3 is 11.9 Å². The van der Waals surface area contributed by atoms with Gasteiger partial charge in [0.2, 0.25) is 0 Å². The van der Waals surface area contributed by atoms with Crippen LogP contribution in [0, 0.1) is 0 Å². The zero-order valence-electron chi connectivity index (χ0n) is 16.1. The van der Waals surface area contributed by atoms with Crippen molar-refractivity contribution in [3.63, 3.8) is 0 Å². The quantitative estimate of drug-likeness (QED) is 0.703. The number of rotatable bonds is 4. The number of carbonyl (C=O) groups excluding carboxylic acids is 2. The topological polar surface area (TPSA) is 128 Å². The highest BCUT2D eigenvalue weighted by Crippen LogP contribution is 2.44. The Kier molecular flexibility index (Phi) is 5.07.